The van der Waals surface area contributed by atoms with Gasteiger partial charge in [-0.05, 0) is 51.7 Å². The predicted molar refractivity (Wildman–Crippen MR) is 147 cm³/mol. The van der Waals surface area contributed by atoms with Crippen LogP contribution in [0.5, 0.6) is 23.0 Å². The lowest BCUT2D eigenvalue weighted by atomic mass is 9.82. The quantitative estimate of drug-likeness (QED) is 0.194. The fourth-order valence-corrected chi connectivity index (χ4v) is 5.11. The lowest BCUT2D eigenvalue weighted by molar-refractivity contribution is 0.462. The Morgan fingerprint density at radius 2 is 0.892 bits per heavy atom. The maximum absolute atomic E-state index is 11.4. The lowest BCUT2D eigenvalue weighted by Gasteiger charge is -2.23. The van der Waals surface area contributed by atoms with Gasteiger partial charge in [-0.1, -0.05) is 91.0 Å². The van der Waals surface area contributed by atoms with Crippen LogP contribution in [0.3, 0.4) is 0 Å². The Balaban J connectivity index is 1.58. The first-order valence-electron chi connectivity index (χ1n) is 12.0. The van der Waals surface area contributed by atoms with Crippen molar-refractivity contribution < 1.29 is 20.4 Å². The van der Waals surface area contributed by atoms with Crippen molar-refractivity contribution in [3.63, 3.8) is 0 Å². The zero-order chi connectivity index (χ0) is 25.5. The van der Waals surface area contributed by atoms with Crippen molar-refractivity contribution in [1.29, 1.82) is 0 Å². The molecule has 0 saturated heterocycles. The zero-order valence-corrected chi connectivity index (χ0v) is 19.8. The summed E-state index contributed by atoms with van der Waals surface area (Å²) in [5, 5.41) is 45.6. The van der Waals surface area contributed by atoms with E-state index in [-0.39, 0.29) is 23.0 Å². The van der Waals surface area contributed by atoms with Crippen LogP contribution in [0.25, 0.3) is 32.7 Å². The Labute approximate surface area is 214 Å². The molecule has 0 atom stereocenters. The Bertz CT molecular complexity index is 1660. The molecule has 0 bridgehead atoms. The molecule has 180 valence electrons. The summed E-state index contributed by atoms with van der Waals surface area (Å²) in [5.74, 6) is -0.300. The second-order valence-corrected chi connectivity index (χ2v) is 9.24. The van der Waals surface area contributed by atoms with Gasteiger partial charge in [0.2, 0.25) is 0 Å². The first-order chi connectivity index (χ1) is 18.0. The molecule has 6 aromatic rings. The lowest BCUT2D eigenvalue weighted by Crippen LogP contribution is -2.05. The third-order valence-electron chi connectivity index (χ3n) is 6.99. The molecule has 0 heterocycles. The highest BCUT2D eigenvalue weighted by Gasteiger charge is 2.25. The Morgan fingerprint density at radius 1 is 0.432 bits per heavy atom. The number of hydrogen-bond acceptors (Lipinski definition) is 4. The Morgan fingerprint density at radius 3 is 1.41 bits per heavy atom. The highest BCUT2D eigenvalue weighted by Crippen LogP contribution is 2.46. The van der Waals surface area contributed by atoms with Crippen molar-refractivity contribution in [3.8, 4) is 34.1 Å². The summed E-state index contributed by atoms with van der Waals surface area (Å²) < 4.78 is 0. The first-order valence-corrected chi connectivity index (χ1v) is 12.0. The Kier molecular flexibility index (Phi) is 5.42. The molecule has 37 heavy (non-hydrogen) atoms. The number of hydrogen-bond donors (Lipinski definition) is 4. The summed E-state index contributed by atoms with van der Waals surface area (Å²) in [6, 6.07) is 35.4. The van der Waals surface area contributed by atoms with Crippen molar-refractivity contribution in [2.24, 2.45) is 0 Å². The number of fused-ring (bicyclic) bond motifs is 2. The number of aromatic hydroxyl groups is 4. The molecule has 0 saturated carbocycles. The largest absolute Gasteiger partial charge is 0.508 e. The van der Waals surface area contributed by atoms with E-state index in [1.165, 1.54) is 0 Å². The van der Waals surface area contributed by atoms with E-state index in [4.69, 9.17) is 0 Å². The van der Waals surface area contributed by atoms with Crippen LogP contribution in [0.15, 0.2) is 115 Å². The van der Waals surface area contributed by atoms with Crippen LogP contribution in [0, 0.1) is 0 Å². The van der Waals surface area contributed by atoms with E-state index in [9.17, 15) is 20.4 Å². The summed E-state index contributed by atoms with van der Waals surface area (Å²) in [7, 11) is 0. The third kappa shape index (κ3) is 3.99. The summed E-state index contributed by atoms with van der Waals surface area (Å²) in [4.78, 5) is 0. The summed E-state index contributed by atoms with van der Waals surface area (Å²) in [6.45, 7) is 0. The van der Waals surface area contributed by atoms with E-state index in [2.05, 4.69) is 12.1 Å². The second kappa shape index (κ2) is 8.92. The minimum Gasteiger partial charge on any atom is -0.508 e. The summed E-state index contributed by atoms with van der Waals surface area (Å²) >= 11 is 0. The Hall–Kier alpha value is -4.96. The van der Waals surface area contributed by atoms with Gasteiger partial charge in [-0.2, -0.15) is 0 Å². The van der Waals surface area contributed by atoms with Crippen LogP contribution in [0.2, 0.25) is 0 Å². The van der Waals surface area contributed by atoms with Gasteiger partial charge in [0, 0.05) is 27.8 Å². The van der Waals surface area contributed by atoms with Crippen LogP contribution < -0.4 is 0 Å². The molecule has 0 unspecified atom stereocenters. The molecular weight excluding hydrogens is 460 g/mol. The van der Waals surface area contributed by atoms with Gasteiger partial charge < -0.3 is 20.4 Å². The molecule has 4 nitrogen and oxygen atoms in total. The average molecular weight is 485 g/mol. The van der Waals surface area contributed by atoms with E-state index in [1.807, 2.05) is 66.7 Å². The van der Waals surface area contributed by atoms with Gasteiger partial charge in [-0.25, -0.2) is 0 Å². The average Bonchev–Trinajstić information content (AvgIpc) is 2.93. The molecule has 0 spiro atoms. The summed E-state index contributed by atoms with van der Waals surface area (Å²) in [6.07, 6.45) is 0. The maximum Gasteiger partial charge on any atom is 0.127 e. The summed E-state index contributed by atoms with van der Waals surface area (Å²) in [5.41, 5.74) is 4.23. The molecule has 0 aromatic heterocycles. The van der Waals surface area contributed by atoms with Crippen molar-refractivity contribution >= 4 is 21.5 Å². The third-order valence-corrected chi connectivity index (χ3v) is 6.99. The minimum absolute atomic E-state index is 0.0425. The molecule has 0 fully saturated rings. The standard InChI is InChI=1S/C33H24O4/c34-25-14-10-22-12-16-27(32(36)29(22)18-25)31(24-8-6-21(7-9-24)20-4-2-1-3-5-20)28-17-13-23-11-15-26(35)19-30(23)33(28)37/h1-19,31,34-37H. The van der Waals surface area contributed by atoms with Gasteiger partial charge in [-0.3, -0.25) is 0 Å². The number of phenols is 4. The normalized spacial score (nSPS) is 11.4. The molecule has 4 heteroatoms. The topological polar surface area (TPSA) is 80.9 Å². The van der Waals surface area contributed by atoms with Gasteiger partial charge in [0.15, 0.2) is 0 Å². The number of rotatable bonds is 4. The predicted octanol–water partition coefficient (Wildman–Crippen LogP) is 7.66. The van der Waals surface area contributed by atoms with Crippen LogP contribution in [0.1, 0.15) is 22.6 Å². The fourth-order valence-electron chi connectivity index (χ4n) is 5.11. The SMILES string of the molecule is Oc1ccc2ccc(C(c3ccc(-c4ccccc4)cc3)c3ccc4ccc(O)cc4c3O)c(O)c2c1. The van der Waals surface area contributed by atoms with Crippen LogP contribution in [-0.2, 0) is 0 Å². The fraction of sp³-hybridized carbons (Fsp3) is 0.0303. The van der Waals surface area contributed by atoms with E-state index in [0.29, 0.717) is 21.9 Å². The van der Waals surface area contributed by atoms with Crippen molar-refractivity contribution in [3.05, 3.63) is 132 Å². The van der Waals surface area contributed by atoms with Gasteiger partial charge >= 0.3 is 0 Å². The molecular formula is C33H24O4. The molecule has 0 aliphatic rings. The smallest absolute Gasteiger partial charge is 0.127 e. The van der Waals surface area contributed by atoms with E-state index in [1.54, 1.807) is 36.4 Å². The van der Waals surface area contributed by atoms with Crippen molar-refractivity contribution in [1.82, 2.24) is 0 Å². The molecule has 0 radical (unpaired) electrons. The van der Waals surface area contributed by atoms with Crippen molar-refractivity contribution in [2.45, 2.75) is 5.92 Å². The molecule has 0 amide bonds. The molecule has 6 rings (SSSR count). The highest BCUT2D eigenvalue weighted by molar-refractivity contribution is 5.93. The molecule has 6 aromatic carbocycles. The van der Waals surface area contributed by atoms with Gasteiger partial charge in [0.1, 0.15) is 23.0 Å². The maximum atomic E-state index is 11.4. The van der Waals surface area contributed by atoms with E-state index in [0.717, 1.165) is 27.5 Å². The number of benzene rings is 6. The van der Waals surface area contributed by atoms with Gasteiger partial charge in [0.25, 0.3) is 0 Å². The molecule has 0 aliphatic heterocycles. The highest BCUT2D eigenvalue weighted by atomic mass is 16.3. The van der Waals surface area contributed by atoms with Gasteiger partial charge in [-0.15, -0.1) is 0 Å². The molecule has 0 aliphatic carbocycles. The minimum atomic E-state index is -0.511. The molecule has 4 N–H and O–H groups in total. The second-order valence-electron chi connectivity index (χ2n) is 9.24. The number of phenolic OH excluding ortho intramolecular Hbond substituents is 4. The van der Waals surface area contributed by atoms with E-state index < -0.39 is 5.92 Å². The zero-order valence-electron chi connectivity index (χ0n) is 19.8. The monoisotopic (exact) mass is 484 g/mol. The van der Waals surface area contributed by atoms with Crippen LogP contribution in [-0.4, -0.2) is 20.4 Å². The first kappa shape index (κ1) is 22.5. The van der Waals surface area contributed by atoms with Gasteiger partial charge in [0.05, 0.1) is 0 Å². The van der Waals surface area contributed by atoms with Crippen LogP contribution >= 0.6 is 0 Å². The van der Waals surface area contributed by atoms with Crippen LogP contribution in [0.4, 0.5) is 0 Å². The van der Waals surface area contributed by atoms with E-state index >= 15 is 0 Å². The van der Waals surface area contributed by atoms with Crippen molar-refractivity contribution in [2.75, 3.05) is 0 Å².